The standard InChI is InChI=1S/C21H24N4O2/c1-14-7-8-15(2)18(13-14)22-19(26)9-10-24-11-12-25-20(21(24)27)16-5-3-4-6-17(16)23-25/h7-8,11-13H,3-6,9-10H2,1-2H3,(H,22,26). The summed E-state index contributed by atoms with van der Waals surface area (Å²) < 4.78 is 3.32. The summed E-state index contributed by atoms with van der Waals surface area (Å²) in [4.78, 5) is 25.3. The molecule has 0 atom stereocenters. The Hall–Kier alpha value is -2.89. The summed E-state index contributed by atoms with van der Waals surface area (Å²) in [7, 11) is 0. The van der Waals surface area contributed by atoms with Crippen LogP contribution >= 0.6 is 0 Å². The number of amides is 1. The summed E-state index contributed by atoms with van der Waals surface area (Å²) in [6.07, 6.45) is 7.86. The third-order valence-corrected chi connectivity index (χ3v) is 5.28. The third kappa shape index (κ3) is 3.39. The molecule has 0 fully saturated rings. The lowest BCUT2D eigenvalue weighted by Crippen LogP contribution is -2.25. The van der Waals surface area contributed by atoms with Gasteiger partial charge in [-0.25, -0.2) is 4.52 Å². The summed E-state index contributed by atoms with van der Waals surface area (Å²) >= 11 is 0. The first-order chi connectivity index (χ1) is 13.0. The van der Waals surface area contributed by atoms with Crippen LogP contribution in [0.2, 0.25) is 0 Å². The first kappa shape index (κ1) is 17.5. The Morgan fingerprint density at radius 3 is 2.85 bits per heavy atom. The second-order valence-corrected chi connectivity index (χ2v) is 7.34. The van der Waals surface area contributed by atoms with E-state index in [1.54, 1.807) is 15.3 Å². The molecule has 6 heteroatoms. The molecule has 6 nitrogen and oxygen atoms in total. The normalized spacial score (nSPS) is 13.6. The van der Waals surface area contributed by atoms with Gasteiger partial charge in [-0.05, 0) is 56.7 Å². The van der Waals surface area contributed by atoms with Crippen molar-refractivity contribution in [3.63, 3.8) is 0 Å². The van der Waals surface area contributed by atoms with Crippen LogP contribution in [0.4, 0.5) is 5.69 Å². The molecule has 3 aromatic rings. The largest absolute Gasteiger partial charge is 0.326 e. The van der Waals surface area contributed by atoms with Gasteiger partial charge < -0.3 is 9.88 Å². The van der Waals surface area contributed by atoms with Crippen molar-refractivity contribution in [1.29, 1.82) is 0 Å². The van der Waals surface area contributed by atoms with Crippen LogP contribution in [0.25, 0.3) is 5.52 Å². The number of nitrogens with one attached hydrogen (secondary N) is 1. The Morgan fingerprint density at radius 1 is 1.19 bits per heavy atom. The molecule has 140 valence electrons. The molecule has 1 N–H and O–H groups in total. The number of benzene rings is 1. The molecule has 0 radical (unpaired) electrons. The van der Waals surface area contributed by atoms with Crippen molar-refractivity contribution in [2.45, 2.75) is 52.5 Å². The molecular formula is C21H24N4O2. The van der Waals surface area contributed by atoms with Gasteiger partial charge in [0.2, 0.25) is 5.91 Å². The van der Waals surface area contributed by atoms with Crippen molar-refractivity contribution in [3.8, 4) is 0 Å². The van der Waals surface area contributed by atoms with Gasteiger partial charge >= 0.3 is 0 Å². The average molecular weight is 364 g/mol. The second-order valence-electron chi connectivity index (χ2n) is 7.34. The highest BCUT2D eigenvalue weighted by molar-refractivity contribution is 5.91. The van der Waals surface area contributed by atoms with Crippen LogP contribution in [0.5, 0.6) is 0 Å². The Kier molecular flexibility index (Phi) is 4.56. The molecule has 2 heterocycles. The molecular weight excluding hydrogens is 340 g/mol. The first-order valence-electron chi connectivity index (χ1n) is 9.49. The minimum Gasteiger partial charge on any atom is -0.326 e. The first-order valence-corrected chi connectivity index (χ1v) is 9.49. The smallest absolute Gasteiger partial charge is 0.276 e. The Balaban J connectivity index is 1.52. The number of hydrogen-bond acceptors (Lipinski definition) is 3. The van der Waals surface area contributed by atoms with Crippen LogP contribution in [0, 0.1) is 13.8 Å². The number of anilines is 1. The van der Waals surface area contributed by atoms with Crippen LogP contribution in [0.3, 0.4) is 0 Å². The Bertz CT molecular complexity index is 1080. The molecule has 1 amide bonds. The van der Waals surface area contributed by atoms with Crippen LogP contribution in [-0.2, 0) is 24.2 Å². The van der Waals surface area contributed by atoms with E-state index in [1.165, 1.54) is 0 Å². The predicted octanol–water partition coefficient (Wildman–Crippen LogP) is 3.02. The lowest BCUT2D eigenvalue weighted by molar-refractivity contribution is -0.116. The van der Waals surface area contributed by atoms with E-state index < -0.39 is 0 Å². The van der Waals surface area contributed by atoms with Crippen molar-refractivity contribution in [3.05, 3.63) is 63.3 Å². The van der Waals surface area contributed by atoms with E-state index in [0.29, 0.717) is 12.1 Å². The molecule has 2 aromatic heterocycles. The zero-order valence-corrected chi connectivity index (χ0v) is 15.8. The molecule has 0 spiro atoms. The zero-order chi connectivity index (χ0) is 19.0. The molecule has 27 heavy (non-hydrogen) atoms. The SMILES string of the molecule is Cc1ccc(C)c(NC(=O)CCn2ccn3nc4c(c3c2=O)CCCC4)c1. The highest BCUT2D eigenvalue weighted by Crippen LogP contribution is 2.22. The summed E-state index contributed by atoms with van der Waals surface area (Å²) in [5.41, 5.74) is 5.69. The van der Waals surface area contributed by atoms with Crippen LogP contribution in [0.15, 0.2) is 35.4 Å². The van der Waals surface area contributed by atoms with Crippen molar-refractivity contribution in [2.75, 3.05) is 5.32 Å². The van der Waals surface area contributed by atoms with E-state index >= 15 is 0 Å². The van der Waals surface area contributed by atoms with Gasteiger partial charge in [-0.3, -0.25) is 9.59 Å². The molecule has 0 saturated carbocycles. The van der Waals surface area contributed by atoms with Gasteiger partial charge in [-0.1, -0.05) is 12.1 Å². The summed E-state index contributed by atoms with van der Waals surface area (Å²) in [5, 5.41) is 7.50. The monoisotopic (exact) mass is 364 g/mol. The summed E-state index contributed by atoms with van der Waals surface area (Å²) in [5.74, 6) is -0.0917. The average Bonchev–Trinajstić information content (AvgIpc) is 3.03. The molecule has 0 unspecified atom stereocenters. The molecule has 1 aliphatic carbocycles. The van der Waals surface area contributed by atoms with Gasteiger partial charge in [-0.15, -0.1) is 0 Å². The van der Waals surface area contributed by atoms with Crippen LogP contribution in [-0.4, -0.2) is 20.1 Å². The minimum absolute atomic E-state index is 0.0623. The minimum atomic E-state index is -0.0917. The third-order valence-electron chi connectivity index (χ3n) is 5.28. The lowest BCUT2D eigenvalue weighted by Gasteiger charge is -2.11. The molecule has 0 saturated heterocycles. The maximum absolute atomic E-state index is 12.9. The summed E-state index contributed by atoms with van der Waals surface area (Å²) in [6, 6.07) is 5.97. The van der Waals surface area contributed by atoms with Gasteiger partial charge in [0.1, 0.15) is 5.52 Å². The van der Waals surface area contributed by atoms with Gasteiger partial charge in [0, 0.05) is 36.6 Å². The zero-order valence-electron chi connectivity index (χ0n) is 15.8. The number of aryl methyl sites for hydroxylation is 5. The van der Waals surface area contributed by atoms with E-state index in [0.717, 1.165) is 53.8 Å². The Morgan fingerprint density at radius 2 is 2.00 bits per heavy atom. The Labute approximate surface area is 157 Å². The number of nitrogens with zero attached hydrogens (tertiary/aromatic N) is 3. The number of hydrogen-bond donors (Lipinski definition) is 1. The van der Waals surface area contributed by atoms with Gasteiger partial charge in [-0.2, -0.15) is 5.10 Å². The fourth-order valence-corrected chi connectivity index (χ4v) is 3.74. The predicted molar refractivity (Wildman–Crippen MR) is 105 cm³/mol. The quantitative estimate of drug-likeness (QED) is 0.774. The van der Waals surface area contributed by atoms with Gasteiger partial charge in [0.05, 0.1) is 5.69 Å². The van der Waals surface area contributed by atoms with Crippen molar-refractivity contribution in [2.24, 2.45) is 0 Å². The fraction of sp³-hybridized carbons (Fsp3) is 0.381. The number of fused-ring (bicyclic) bond motifs is 3. The number of carbonyl (C=O) groups is 1. The lowest BCUT2D eigenvalue weighted by atomic mass is 9.97. The second kappa shape index (κ2) is 7.02. The van der Waals surface area contributed by atoms with Crippen molar-refractivity contribution in [1.82, 2.24) is 14.2 Å². The maximum atomic E-state index is 12.9. The van der Waals surface area contributed by atoms with Crippen LogP contribution in [0.1, 0.15) is 41.6 Å². The summed E-state index contributed by atoms with van der Waals surface area (Å²) in [6.45, 7) is 4.32. The van der Waals surface area contributed by atoms with Gasteiger partial charge in [0.15, 0.2) is 0 Å². The number of rotatable bonds is 4. The van der Waals surface area contributed by atoms with E-state index in [1.807, 2.05) is 38.2 Å². The van der Waals surface area contributed by atoms with Crippen molar-refractivity contribution >= 4 is 17.1 Å². The molecule has 0 aliphatic heterocycles. The highest BCUT2D eigenvalue weighted by Gasteiger charge is 2.19. The van der Waals surface area contributed by atoms with E-state index in [9.17, 15) is 9.59 Å². The molecule has 0 bridgehead atoms. The maximum Gasteiger partial charge on any atom is 0.276 e. The number of aromatic nitrogens is 3. The topological polar surface area (TPSA) is 68.4 Å². The van der Waals surface area contributed by atoms with E-state index in [-0.39, 0.29) is 17.9 Å². The van der Waals surface area contributed by atoms with Crippen molar-refractivity contribution < 1.29 is 4.79 Å². The number of carbonyl (C=O) groups excluding carboxylic acids is 1. The molecule has 1 aromatic carbocycles. The van der Waals surface area contributed by atoms with Gasteiger partial charge in [0.25, 0.3) is 5.56 Å². The van der Waals surface area contributed by atoms with E-state index in [2.05, 4.69) is 10.4 Å². The fourth-order valence-electron chi connectivity index (χ4n) is 3.74. The molecule has 1 aliphatic rings. The van der Waals surface area contributed by atoms with E-state index in [4.69, 9.17) is 0 Å². The van der Waals surface area contributed by atoms with Crippen LogP contribution < -0.4 is 10.9 Å². The molecule has 4 rings (SSSR count). The highest BCUT2D eigenvalue weighted by atomic mass is 16.2.